The number of methoxy groups -OCH3 is 1. The number of sulfone groups is 1. The number of ether oxygens (including phenoxy) is 2. The minimum absolute atomic E-state index is 0.304. The number of rotatable bonds is 8. The van der Waals surface area contributed by atoms with E-state index in [-0.39, 0.29) is 11.6 Å². The maximum Gasteiger partial charge on any atom is 0.328 e. The summed E-state index contributed by atoms with van der Waals surface area (Å²) in [5.41, 5.74) is 2.21. The Kier molecular flexibility index (Phi) is 6.43. The molecule has 0 saturated carbocycles. The Morgan fingerprint density at radius 1 is 1.09 bits per heavy atom. The van der Waals surface area contributed by atoms with E-state index in [9.17, 15) is 17.6 Å². The molecular weight excluding hydrogens is 461 g/mol. The number of aromatic amines is 1. The molecule has 4 aromatic rings. The predicted octanol–water partition coefficient (Wildman–Crippen LogP) is 3.57. The summed E-state index contributed by atoms with van der Waals surface area (Å²) in [5.74, 6) is 0.267. The summed E-state index contributed by atoms with van der Waals surface area (Å²) in [6, 6.07) is 11.8. The number of aromatic nitrogens is 3. The molecule has 178 valence electrons. The van der Waals surface area contributed by atoms with Gasteiger partial charge in [0.15, 0.2) is 17.1 Å². The maximum atomic E-state index is 13.3. The lowest BCUT2D eigenvalue weighted by Crippen LogP contribution is -2.28. The standard InChI is InChI=1S/C24H24FN3O5S/c1-4-33-22-12-16(7-10-21(22)32-2)20(14-34(3,30)31)28-23-19(27-24(28)29)11-17(13-26-23)15-5-8-18(25)9-6-15/h5-13,20H,4,14H2,1-3H3,(H,27,29). The number of nitrogens with zero attached hydrogens (tertiary/aromatic N) is 2. The molecule has 1 N–H and O–H groups in total. The largest absolute Gasteiger partial charge is 0.493 e. The third kappa shape index (κ3) is 4.81. The molecule has 0 aliphatic rings. The summed E-state index contributed by atoms with van der Waals surface area (Å²) in [5, 5.41) is 0. The summed E-state index contributed by atoms with van der Waals surface area (Å²) in [4.78, 5) is 20.3. The van der Waals surface area contributed by atoms with E-state index in [0.29, 0.717) is 40.4 Å². The Balaban J connectivity index is 1.86. The summed E-state index contributed by atoms with van der Waals surface area (Å²) in [6.07, 6.45) is 2.68. The Morgan fingerprint density at radius 2 is 1.82 bits per heavy atom. The molecule has 4 rings (SSSR count). The number of imidazole rings is 1. The van der Waals surface area contributed by atoms with Crippen LogP contribution in [0.1, 0.15) is 18.5 Å². The van der Waals surface area contributed by atoms with E-state index >= 15 is 0 Å². The highest BCUT2D eigenvalue weighted by Crippen LogP contribution is 2.33. The second kappa shape index (κ2) is 9.30. The highest BCUT2D eigenvalue weighted by Gasteiger charge is 2.25. The predicted molar refractivity (Wildman–Crippen MR) is 128 cm³/mol. The molecule has 1 unspecified atom stereocenters. The molecule has 0 saturated heterocycles. The molecule has 8 nitrogen and oxygen atoms in total. The van der Waals surface area contributed by atoms with Crippen molar-refractivity contribution in [2.24, 2.45) is 0 Å². The van der Waals surface area contributed by atoms with Gasteiger partial charge in [0.05, 0.1) is 31.0 Å². The highest BCUT2D eigenvalue weighted by molar-refractivity contribution is 7.90. The number of hydrogen-bond acceptors (Lipinski definition) is 6. The van der Waals surface area contributed by atoms with E-state index in [1.54, 1.807) is 42.6 Å². The number of nitrogens with one attached hydrogen (secondary N) is 1. The van der Waals surface area contributed by atoms with Gasteiger partial charge in [-0.05, 0) is 48.4 Å². The zero-order valence-electron chi connectivity index (χ0n) is 18.9. The topological polar surface area (TPSA) is 103 Å². The van der Waals surface area contributed by atoms with Crippen molar-refractivity contribution >= 4 is 21.0 Å². The van der Waals surface area contributed by atoms with Gasteiger partial charge >= 0.3 is 5.69 Å². The minimum Gasteiger partial charge on any atom is -0.493 e. The van der Waals surface area contributed by atoms with Gasteiger partial charge < -0.3 is 14.5 Å². The van der Waals surface area contributed by atoms with Crippen molar-refractivity contribution in [3.05, 3.63) is 76.6 Å². The van der Waals surface area contributed by atoms with Gasteiger partial charge in [-0.25, -0.2) is 22.6 Å². The van der Waals surface area contributed by atoms with Gasteiger partial charge in [0, 0.05) is 18.0 Å². The molecule has 34 heavy (non-hydrogen) atoms. The van der Waals surface area contributed by atoms with Crippen LogP contribution in [-0.4, -0.2) is 48.7 Å². The Bertz CT molecular complexity index is 1490. The van der Waals surface area contributed by atoms with E-state index in [2.05, 4.69) is 9.97 Å². The van der Waals surface area contributed by atoms with Crippen LogP contribution in [0.4, 0.5) is 4.39 Å². The Morgan fingerprint density at radius 3 is 2.47 bits per heavy atom. The first-order valence-corrected chi connectivity index (χ1v) is 12.6. The van der Waals surface area contributed by atoms with Crippen molar-refractivity contribution in [1.82, 2.24) is 14.5 Å². The van der Waals surface area contributed by atoms with Crippen LogP contribution in [0.5, 0.6) is 11.5 Å². The smallest absolute Gasteiger partial charge is 0.328 e. The van der Waals surface area contributed by atoms with Crippen molar-refractivity contribution in [2.75, 3.05) is 25.7 Å². The quantitative estimate of drug-likeness (QED) is 0.409. The lowest BCUT2D eigenvalue weighted by atomic mass is 10.1. The van der Waals surface area contributed by atoms with Crippen LogP contribution >= 0.6 is 0 Å². The number of pyridine rings is 1. The molecule has 10 heteroatoms. The molecule has 0 aliphatic carbocycles. The van der Waals surface area contributed by atoms with Crippen molar-refractivity contribution in [2.45, 2.75) is 13.0 Å². The second-order valence-corrected chi connectivity index (χ2v) is 10.0. The van der Waals surface area contributed by atoms with Crippen LogP contribution < -0.4 is 15.2 Å². The molecule has 0 bridgehead atoms. The van der Waals surface area contributed by atoms with Crippen LogP contribution in [0.25, 0.3) is 22.3 Å². The van der Waals surface area contributed by atoms with Crippen LogP contribution in [-0.2, 0) is 9.84 Å². The number of halogens is 1. The first-order chi connectivity index (χ1) is 16.2. The first kappa shape index (κ1) is 23.5. The molecule has 2 heterocycles. The molecule has 1 atom stereocenters. The summed E-state index contributed by atoms with van der Waals surface area (Å²) in [7, 11) is -1.98. The summed E-state index contributed by atoms with van der Waals surface area (Å²) < 4.78 is 50.2. The third-order valence-electron chi connectivity index (χ3n) is 5.38. The Hall–Kier alpha value is -3.66. The van der Waals surface area contributed by atoms with Gasteiger partial charge in [-0.2, -0.15) is 0 Å². The van der Waals surface area contributed by atoms with Gasteiger partial charge in [-0.15, -0.1) is 0 Å². The lowest BCUT2D eigenvalue weighted by molar-refractivity contribution is 0.310. The first-order valence-electron chi connectivity index (χ1n) is 10.5. The third-order valence-corrected chi connectivity index (χ3v) is 6.30. The van der Waals surface area contributed by atoms with E-state index in [0.717, 1.165) is 11.8 Å². The zero-order valence-corrected chi connectivity index (χ0v) is 19.7. The van der Waals surface area contributed by atoms with E-state index in [1.165, 1.54) is 23.8 Å². The average molecular weight is 486 g/mol. The lowest BCUT2D eigenvalue weighted by Gasteiger charge is -2.20. The van der Waals surface area contributed by atoms with Crippen LogP contribution in [0.15, 0.2) is 59.5 Å². The normalized spacial score (nSPS) is 12.6. The summed E-state index contributed by atoms with van der Waals surface area (Å²) in [6.45, 7) is 2.21. The Labute approximate surface area is 195 Å². The zero-order chi connectivity index (χ0) is 24.5. The van der Waals surface area contributed by atoms with Crippen molar-refractivity contribution < 1.29 is 22.3 Å². The van der Waals surface area contributed by atoms with Crippen molar-refractivity contribution in [1.29, 1.82) is 0 Å². The molecule has 2 aromatic heterocycles. The minimum atomic E-state index is -3.49. The maximum absolute atomic E-state index is 13.3. The van der Waals surface area contributed by atoms with Gasteiger partial charge in [-0.3, -0.25) is 4.57 Å². The second-order valence-electron chi connectivity index (χ2n) is 7.85. The highest BCUT2D eigenvalue weighted by atomic mass is 32.2. The fourth-order valence-electron chi connectivity index (χ4n) is 3.88. The fraction of sp³-hybridized carbons (Fsp3) is 0.250. The molecule has 0 radical (unpaired) electrons. The van der Waals surface area contributed by atoms with Gasteiger partial charge in [0.2, 0.25) is 0 Å². The van der Waals surface area contributed by atoms with Crippen molar-refractivity contribution in [3.63, 3.8) is 0 Å². The van der Waals surface area contributed by atoms with Gasteiger partial charge in [0.1, 0.15) is 15.7 Å². The number of fused-ring (bicyclic) bond motifs is 1. The fourth-order valence-corrected chi connectivity index (χ4v) is 4.79. The SMILES string of the molecule is CCOc1cc(C(CS(C)(=O)=O)n2c(=O)[nH]c3cc(-c4ccc(F)cc4)cnc32)ccc1OC. The molecule has 0 aliphatic heterocycles. The van der Waals surface area contributed by atoms with Crippen LogP contribution in [0.3, 0.4) is 0 Å². The van der Waals surface area contributed by atoms with E-state index in [1.807, 2.05) is 6.92 Å². The van der Waals surface area contributed by atoms with E-state index < -0.39 is 21.6 Å². The molecule has 0 fully saturated rings. The van der Waals surface area contributed by atoms with Gasteiger partial charge in [0.25, 0.3) is 0 Å². The van der Waals surface area contributed by atoms with Crippen LogP contribution in [0, 0.1) is 5.82 Å². The number of benzene rings is 2. The summed E-state index contributed by atoms with van der Waals surface area (Å²) >= 11 is 0. The number of hydrogen-bond donors (Lipinski definition) is 1. The van der Waals surface area contributed by atoms with Crippen LogP contribution in [0.2, 0.25) is 0 Å². The van der Waals surface area contributed by atoms with Gasteiger partial charge in [-0.1, -0.05) is 18.2 Å². The molecule has 0 spiro atoms. The molecule has 0 amide bonds. The molecule has 2 aromatic carbocycles. The van der Waals surface area contributed by atoms with E-state index in [4.69, 9.17) is 9.47 Å². The van der Waals surface area contributed by atoms with Crippen molar-refractivity contribution in [3.8, 4) is 22.6 Å². The number of H-pyrrole nitrogens is 1. The molecular formula is C24H24FN3O5S. The monoisotopic (exact) mass is 485 g/mol. The average Bonchev–Trinajstić information content (AvgIpc) is 3.12.